The van der Waals surface area contributed by atoms with Crippen LogP contribution in [0.3, 0.4) is 0 Å². The third kappa shape index (κ3) is 4.89. The van der Waals surface area contributed by atoms with Crippen LogP contribution in [0.25, 0.3) is 0 Å². The summed E-state index contributed by atoms with van der Waals surface area (Å²) in [5.74, 6) is 0.690. The lowest BCUT2D eigenvalue weighted by molar-refractivity contribution is -0.116. The van der Waals surface area contributed by atoms with E-state index in [1.54, 1.807) is 12.3 Å². The van der Waals surface area contributed by atoms with Gasteiger partial charge in [-0.15, -0.1) is 11.3 Å². The number of ether oxygens (including phenoxy) is 1. The van der Waals surface area contributed by atoms with E-state index in [1.807, 2.05) is 23.6 Å². The molecule has 0 bridgehead atoms. The summed E-state index contributed by atoms with van der Waals surface area (Å²) in [6.07, 6.45) is 2.36. The lowest BCUT2D eigenvalue weighted by Gasteiger charge is -2.36. The van der Waals surface area contributed by atoms with Gasteiger partial charge in [0.05, 0.1) is 29.0 Å². The average Bonchev–Trinajstić information content (AvgIpc) is 3.14. The molecular weight excluding hydrogens is 350 g/mol. The minimum atomic E-state index is -0.182. The Kier molecular flexibility index (Phi) is 6.00. The number of amides is 1. The predicted octanol–water partition coefficient (Wildman–Crippen LogP) is 3.36. The Hall–Kier alpha value is -2.25. The van der Waals surface area contributed by atoms with Crippen LogP contribution in [-0.4, -0.2) is 42.0 Å². The highest BCUT2D eigenvalue weighted by atomic mass is 32.1. The minimum Gasteiger partial charge on any atom is -0.372 e. The zero-order valence-corrected chi connectivity index (χ0v) is 15.8. The molecule has 2 aromatic rings. The number of carbonyl (C=O) groups excluding carboxylic acids is 2. The number of aromatic nitrogens is 1. The molecule has 0 spiro atoms. The van der Waals surface area contributed by atoms with Crippen LogP contribution in [0.4, 0.5) is 11.5 Å². The molecule has 1 saturated heterocycles. The molecule has 0 radical (unpaired) electrons. The van der Waals surface area contributed by atoms with Crippen molar-refractivity contribution in [3.05, 3.63) is 40.7 Å². The summed E-state index contributed by atoms with van der Waals surface area (Å²) in [4.78, 5) is 31.3. The molecule has 1 aliphatic heterocycles. The Bertz CT molecular complexity index is 736. The van der Waals surface area contributed by atoms with Crippen molar-refractivity contribution in [1.29, 1.82) is 0 Å². The summed E-state index contributed by atoms with van der Waals surface area (Å²) >= 11 is 1.40. The molecule has 1 fully saturated rings. The van der Waals surface area contributed by atoms with Crippen LogP contribution in [0.1, 0.15) is 36.4 Å². The monoisotopic (exact) mass is 373 g/mol. The molecule has 7 heteroatoms. The number of carbonyl (C=O) groups is 2. The van der Waals surface area contributed by atoms with E-state index in [1.165, 1.54) is 11.3 Å². The second-order valence-corrected chi connectivity index (χ2v) is 7.46. The fraction of sp³-hybridized carbons (Fsp3) is 0.421. The molecule has 6 nitrogen and oxygen atoms in total. The fourth-order valence-corrected chi connectivity index (χ4v) is 3.72. The van der Waals surface area contributed by atoms with Crippen molar-refractivity contribution in [2.45, 2.75) is 38.9 Å². The second kappa shape index (κ2) is 8.42. The number of anilines is 2. The van der Waals surface area contributed by atoms with Crippen molar-refractivity contribution >= 4 is 34.5 Å². The second-order valence-electron chi connectivity index (χ2n) is 6.52. The van der Waals surface area contributed by atoms with E-state index in [9.17, 15) is 9.59 Å². The molecule has 1 aliphatic rings. The Morgan fingerprint density at radius 2 is 2.00 bits per heavy atom. The molecule has 1 amide bonds. The first-order chi connectivity index (χ1) is 12.5. The van der Waals surface area contributed by atoms with Crippen molar-refractivity contribution in [2.24, 2.45) is 0 Å². The number of hydrogen-bond donors (Lipinski definition) is 1. The van der Waals surface area contributed by atoms with E-state index >= 15 is 0 Å². The summed E-state index contributed by atoms with van der Waals surface area (Å²) in [5.41, 5.74) is 0.636. The minimum absolute atomic E-state index is 0.000759. The van der Waals surface area contributed by atoms with Crippen LogP contribution < -0.4 is 10.2 Å². The van der Waals surface area contributed by atoms with Gasteiger partial charge in [0.15, 0.2) is 5.78 Å². The first kappa shape index (κ1) is 18.5. The van der Waals surface area contributed by atoms with Crippen LogP contribution in [-0.2, 0) is 9.53 Å². The number of ketones is 1. The van der Waals surface area contributed by atoms with Gasteiger partial charge in [0.25, 0.3) is 0 Å². The molecule has 0 saturated carbocycles. The number of nitrogens with one attached hydrogen (secondary N) is 1. The maximum absolute atomic E-state index is 12.0. The SMILES string of the molecule is CC1CN(c2ccc(NC(=O)CCC(=O)c3cccs3)cn2)CC(C)O1. The molecule has 3 rings (SSSR count). The maximum atomic E-state index is 12.0. The number of Topliss-reactive ketones (excluding diaryl/α,β-unsaturated/α-hetero) is 1. The van der Waals surface area contributed by atoms with Crippen LogP contribution >= 0.6 is 11.3 Å². The first-order valence-electron chi connectivity index (χ1n) is 8.74. The molecule has 0 aromatic carbocycles. The fourth-order valence-electron chi connectivity index (χ4n) is 3.02. The van der Waals surface area contributed by atoms with E-state index in [0.717, 1.165) is 18.9 Å². The number of nitrogens with zero attached hydrogens (tertiary/aromatic N) is 2. The molecular formula is C19H23N3O3S. The van der Waals surface area contributed by atoms with Gasteiger partial charge in [0.2, 0.25) is 5.91 Å². The Labute approximate surface area is 157 Å². The normalized spacial score (nSPS) is 20.0. The van der Waals surface area contributed by atoms with Crippen molar-refractivity contribution < 1.29 is 14.3 Å². The van der Waals surface area contributed by atoms with Gasteiger partial charge in [0.1, 0.15) is 5.82 Å². The van der Waals surface area contributed by atoms with Gasteiger partial charge in [-0.1, -0.05) is 6.07 Å². The van der Waals surface area contributed by atoms with E-state index in [2.05, 4.69) is 29.0 Å². The Morgan fingerprint density at radius 3 is 2.62 bits per heavy atom. The van der Waals surface area contributed by atoms with Gasteiger partial charge in [-0.3, -0.25) is 9.59 Å². The number of rotatable bonds is 6. The third-order valence-corrected chi connectivity index (χ3v) is 5.06. The molecule has 138 valence electrons. The van der Waals surface area contributed by atoms with Gasteiger partial charge >= 0.3 is 0 Å². The van der Waals surface area contributed by atoms with Crippen LogP contribution in [0, 0.1) is 0 Å². The Morgan fingerprint density at radius 1 is 1.23 bits per heavy atom. The van der Waals surface area contributed by atoms with Gasteiger partial charge in [-0.25, -0.2) is 4.98 Å². The lowest BCUT2D eigenvalue weighted by Crippen LogP contribution is -2.45. The van der Waals surface area contributed by atoms with Crippen molar-refractivity contribution in [1.82, 2.24) is 4.98 Å². The highest BCUT2D eigenvalue weighted by molar-refractivity contribution is 7.12. The topological polar surface area (TPSA) is 71.5 Å². The molecule has 2 aromatic heterocycles. The van der Waals surface area contributed by atoms with Crippen LogP contribution in [0.15, 0.2) is 35.8 Å². The average molecular weight is 373 g/mol. The molecule has 0 aliphatic carbocycles. The third-order valence-electron chi connectivity index (χ3n) is 4.15. The van der Waals surface area contributed by atoms with E-state index in [0.29, 0.717) is 10.6 Å². The summed E-state index contributed by atoms with van der Waals surface area (Å²) in [7, 11) is 0. The van der Waals surface area contributed by atoms with Crippen molar-refractivity contribution in [3.8, 4) is 0 Å². The summed E-state index contributed by atoms with van der Waals surface area (Å²) in [5, 5.41) is 4.65. The predicted molar refractivity (Wildman–Crippen MR) is 103 cm³/mol. The van der Waals surface area contributed by atoms with E-state index in [-0.39, 0.29) is 36.7 Å². The lowest BCUT2D eigenvalue weighted by atomic mass is 10.2. The van der Waals surface area contributed by atoms with Crippen LogP contribution in [0.5, 0.6) is 0 Å². The highest BCUT2D eigenvalue weighted by Crippen LogP contribution is 2.20. The first-order valence-corrected chi connectivity index (χ1v) is 9.62. The van der Waals surface area contributed by atoms with E-state index < -0.39 is 0 Å². The largest absolute Gasteiger partial charge is 0.372 e. The summed E-state index contributed by atoms with van der Waals surface area (Å²) in [6.45, 7) is 5.70. The zero-order chi connectivity index (χ0) is 18.5. The standard InChI is InChI=1S/C19H23N3O3S/c1-13-11-22(12-14(2)25-13)18-7-5-15(10-20-18)21-19(24)8-6-16(23)17-4-3-9-26-17/h3-5,7,9-10,13-14H,6,8,11-12H2,1-2H3,(H,21,24). The molecule has 3 heterocycles. The molecule has 1 N–H and O–H groups in total. The van der Waals surface area contributed by atoms with Crippen LogP contribution in [0.2, 0.25) is 0 Å². The molecule has 26 heavy (non-hydrogen) atoms. The van der Waals surface area contributed by atoms with Gasteiger partial charge in [-0.05, 0) is 37.4 Å². The quantitative estimate of drug-likeness (QED) is 0.786. The van der Waals surface area contributed by atoms with Gasteiger partial charge in [0, 0.05) is 25.9 Å². The number of thiophene rings is 1. The van der Waals surface area contributed by atoms with Gasteiger partial charge in [-0.2, -0.15) is 0 Å². The van der Waals surface area contributed by atoms with Crippen molar-refractivity contribution in [3.63, 3.8) is 0 Å². The van der Waals surface area contributed by atoms with E-state index in [4.69, 9.17) is 4.74 Å². The molecule has 2 atom stereocenters. The molecule has 2 unspecified atom stereocenters. The van der Waals surface area contributed by atoms with Crippen molar-refractivity contribution in [2.75, 3.05) is 23.3 Å². The number of hydrogen-bond acceptors (Lipinski definition) is 6. The smallest absolute Gasteiger partial charge is 0.224 e. The maximum Gasteiger partial charge on any atom is 0.224 e. The zero-order valence-electron chi connectivity index (χ0n) is 15.0. The Balaban J connectivity index is 1.50. The summed E-state index contributed by atoms with van der Waals surface area (Å²) in [6, 6.07) is 7.35. The van der Waals surface area contributed by atoms with Gasteiger partial charge < -0.3 is 15.0 Å². The number of morpholine rings is 1. The number of pyridine rings is 1. The summed E-state index contributed by atoms with van der Waals surface area (Å²) < 4.78 is 5.73. The highest BCUT2D eigenvalue weighted by Gasteiger charge is 2.23.